The Labute approximate surface area is 183 Å². The number of carboxylic acids is 1. The van der Waals surface area contributed by atoms with Crippen LogP contribution in [0.5, 0.6) is 0 Å². The molecule has 4 N–H and O–H groups in total. The molecule has 0 radical (unpaired) electrons. The van der Waals surface area contributed by atoms with E-state index in [4.69, 9.17) is 4.74 Å². The number of carbonyl (C=O) groups is 3. The van der Waals surface area contributed by atoms with Gasteiger partial charge in [-0.05, 0) is 52.7 Å². The van der Waals surface area contributed by atoms with Crippen molar-refractivity contribution in [2.45, 2.75) is 65.1 Å². The van der Waals surface area contributed by atoms with Crippen LogP contribution in [0.15, 0.2) is 30.3 Å². The summed E-state index contributed by atoms with van der Waals surface area (Å²) in [6.45, 7) is 10.2. The van der Waals surface area contributed by atoms with Crippen LogP contribution in [-0.4, -0.2) is 53.7 Å². The van der Waals surface area contributed by atoms with Gasteiger partial charge in [0.1, 0.15) is 11.6 Å². The third-order valence-electron chi connectivity index (χ3n) is 4.28. The Morgan fingerprint density at radius 1 is 1.10 bits per heavy atom. The van der Waals surface area contributed by atoms with Crippen molar-refractivity contribution in [1.82, 2.24) is 9.62 Å². The Kier molecular flexibility index (Phi) is 6.79. The second-order valence-corrected chi connectivity index (χ2v) is 11.1. The van der Waals surface area contributed by atoms with Crippen molar-refractivity contribution in [3.8, 4) is 0 Å². The largest absolute Gasteiger partial charge is 0.480 e. The average Bonchev–Trinajstić information content (AvgIpc) is 2.81. The van der Waals surface area contributed by atoms with Gasteiger partial charge in [0.15, 0.2) is 0 Å². The molecule has 0 aromatic heterocycles. The summed E-state index contributed by atoms with van der Waals surface area (Å²) in [5.74, 6) is -1.70. The molecular formula is C21H30N2O7S. The monoisotopic (exact) mass is 454 g/mol. The van der Waals surface area contributed by atoms with Crippen molar-refractivity contribution in [2.75, 3.05) is 0 Å². The number of carbonyl (C=O) groups excluding carboxylic acids is 2. The predicted octanol–water partition coefficient (Wildman–Crippen LogP) is 3.85. The molecule has 0 spiro atoms. The van der Waals surface area contributed by atoms with Gasteiger partial charge in [-0.2, -0.15) is 0 Å². The highest BCUT2D eigenvalue weighted by Crippen LogP contribution is 2.62. The van der Waals surface area contributed by atoms with E-state index in [0.717, 1.165) is 4.31 Å². The molecule has 1 atom stereocenters. The second kappa shape index (κ2) is 8.52. The minimum atomic E-state index is -3.49. The first kappa shape index (κ1) is 24.7. The van der Waals surface area contributed by atoms with E-state index in [1.807, 2.05) is 0 Å². The number of hydrogen-bond acceptors (Lipinski definition) is 6. The van der Waals surface area contributed by atoms with Gasteiger partial charge < -0.3 is 15.2 Å². The number of aliphatic carboxylic acids is 1. The number of benzene rings is 1. The molecular weight excluding hydrogens is 424 g/mol. The zero-order chi connectivity index (χ0) is 23.8. The van der Waals surface area contributed by atoms with E-state index < -0.39 is 45.9 Å². The lowest BCUT2D eigenvalue weighted by atomic mass is 10.0. The van der Waals surface area contributed by atoms with Crippen LogP contribution >= 0.6 is 10.8 Å². The number of nitrogens with zero attached hydrogens (tertiary/aromatic N) is 1. The minimum absolute atomic E-state index is 0.00278. The fourth-order valence-corrected chi connectivity index (χ4v) is 5.09. The average molecular weight is 455 g/mol. The Morgan fingerprint density at radius 3 is 2.06 bits per heavy atom. The van der Waals surface area contributed by atoms with Crippen molar-refractivity contribution in [2.24, 2.45) is 0 Å². The molecule has 0 aliphatic carbocycles. The lowest BCUT2D eigenvalue weighted by Gasteiger charge is -2.46. The fourth-order valence-electron chi connectivity index (χ4n) is 3.12. The Balaban J connectivity index is 2.18. The topological polar surface area (TPSA) is 136 Å². The van der Waals surface area contributed by atoms with Crippen LogP contribution in [-0.2, 0) is 20.7 Å². The van der Waals surface area contributed by atoms with Crippen molar-refractivity contribution < 1.29 is 33.3 Å². The van der Waals surface area contributed by atoms with Crippen LogP contribution in [0.1, 0.15) is 52.7 Å². The van der Waals surface area contributed by atoms with Gasteiger partial charge in [-0.25, -0.2) is 13.9 Å². The zero-order valence-corrected chi connectivity index (χ0v) is 19.3. The van der Waals surface area contributed by atoms with E-state index in [0.29, 0.717) is 11.1 Å². The van der Waals surface area contributed by atoms with Crippen molar-refractivity contribution in [1.29, 1.82) is 0 Å². The van der Waals surface area contributed by atoms with E-state index in [-0.39, 0.29) is 11.3 Å². The number of nitrogens with one attached hydrogen (secondary N) is 1. The molecule has 0 unspecified atom stereocenters. The van der Waals surface area contributed by atoms with Crippen molar-refractivity contribution in [3.05, 3.63) is 41.5 Å². The Bertz CT molecular complexity index is 896. The molecule has 2 amide bonds. The standard InChI is InChI=1S/C21H30N2O7S/c1-20(2,3)23-17(24)12-16(31(23,28)29)14-9-7-13(8-10-14)11-15(18(25)26)22-19(27)30-21(4,5)6/h7-10,12,15,28-29H,11H2,1-6H3,(H,22,27)(H,25,26)/t15-/m0/s1. The van der Waals surface area contributed by atoms with Crippen LogP contribution in [0.25, 0.3) is 4.91 Å². The lowest BCUT2D eigenvalue weighted by molar-refractivity contribution is -0.139. The molecule has 10 heteroatoms. The third kappa shape index (κ3) is 5.99. The minimum Gasteiger partial charge on any atom is -0.480 e. The Morgan fingerprint density at radius 2 is 1.65 bits per heavy atom. The molecule has 1 aromatic carbocycles. The first-order valence-corrected chi connectivity index (χ1v) is 11.2. The molecule has 0 saturated heterocycles. The Hall–Kier alpha value is -2.56. The molecule has 1 heterocycles. The number of carboxylic acid groups (broad SMARTS) is 1. The van der Waals surface area contributed by atoms with Gasteiger partial charge >= 0.3 is 12.1 Å². The van der Waals surface area contributed by atoms with Gasteiger partial charge in [-0.15, -0.1) is 0 Å². The quantitative estimate of drug-likeness (QED) is 0.530. The van der Waals surface area contributed by atoms with Crippen LogP contribution in [0.2, 0.25) is 0 Å². The van der Waals surface area contributed by atoms with Crippen molar-refractivity contribution in [3.63, 3.8) is 0 Å². The molecule has 0 fully saturated rings. The highest BCUT2D eigenvalue weighted by Gasteiger charge is 2.44. The van der Waals surface area contributed by atoms with Gasteiger partial charge in [-0.1, -0.05) is 35.0 Å². The summed E-state index contributed by atoms with van der Waals surface area (Å²) in [5, 5.41) is 11.8. The van der Waals surface area contributed by atoms with Crippen LogP contribution in [0, 0.1) is 0 Å². The smallest absolute Gasteiger partial charge is 0.408 e. The van der Waals surface area contributed by atoms with E-state index in [1.54, 1.807) is 65.8 Å². The normalized spacial score (nSPS) is 18.3. The molecule has 1 aromatic rings. The lowest BCUT2D eigenvalue weighted by Crippen LogP contribution is -2.44. The number of hydrogen-bond donors (Lipinski definition) is 4. The van der Waals surface area contributed by atoms with Gasteiger partial charge in [0.05, 0.1) is 10.4 Å². The molecule has 0 saturated carbocycles. The predicted molar refractivity (Wildman–Crippen MR) is 118 cm³/mol. The first-order chi connectivity index (χ1) is 14.0. The molecule has 31 heavy (non-hydrogen) atoms. The summed E-state index contributed by atoms with van der Waals surface area (Å²) < 4.78 is 27.5. The summed E-state index contributed by atoms with van der Waals surface area (Å²) in [7, 11) is -3.49. The maximum Gasteiger partial charge on any atom is 0.408 e. The summed E-state index contributed by atoms with van der Waals surface area (Å²) in [6.07, 6.45) is 0.374. The summed E-state index contributed by atoms with van der Waals surface area (Å²) >= 11 is 0. The number of amides is 2. The summed E-state index contributed by atoms with van der Waals surface area (Å²) in [5.41, 5.74) is -0.501. The van der Waals surface area contributed by atoms with E-state index in [9.17, 15) is 28.6 Å². The molecule has 2 rings (SSSR count). The van der Waals surface area contributed by atoms with Gasteiger partial charge in [-0.3, -0.25) is 13.9 Å². The highest BCUT2D eigenvalue weighted by molar-refractivity contribution is 8.31. The van der Waals surface area contributed by atoms with Crippen LogP contribution < -0.4 is 5.32 Å². The number of alkyl carbamates (subject to hydrolysis) is 1. The van der Waals surface area contributed by atoms with Crippen molar-refractivity contribution >= 4 is 33.7 Å². The molecule has 172 valence electrons. The number of rotatable bonds is 5. The van der Waals surface area contributed by atoms with Gasteiger partial charge in [0, 0.05) is 12.5 Å². The third-order valence-corrected chi connectivity index (χ3v) is 6.46. The van der Waals surface area contributed by atoms with Crippen LogP contribution in [0.4, 0.5) is 4.79 Å². The van der Waals surface area contributed by atoms with Crippen LogP contribution in [0.3, 0.4) is 0 Å². The maximum atomic E-state index is 12.3. The number of ether oxygens (including phenoxy) is 1. The molecule has 1 aliphatic rings. The highest BCUT2D eigenvalue weighted by atomic mass is 32.3. The van der Waals surface area contributed by atoms with E-state index in [1.165, 1.54) is 6.08 Å². The molecule has 9 nitrogen and oxygen atoms in total. The molecule has 0 bridgehead atoms. The SMILES string of the molecule is CC(C)(C)OC(=O)N[C@@H](Cc1ccc(C2=CC(=O)N(C(C)(C)C)S2(O)O)cc1)C(=O)O. The zero-order valence-electron chi connectivity index (χ0n) is 18.5. The van der Waals surface area contributed by atoms with Gasteiger partial charge in [0.25, 0.3) is 5.91 Å². The fraction of sp³-hybridized carbons (Fsp3) is 0.476. The summed E-state index contributed by atoms with van der Waals surface area (Å²) in [6, 6.07) is 5.19. The van der Waals surface area contributed by atoms with Gasteiger partial charge in [0.2, 0.25) is 0 Å². The molecule has 1 aliphatic heterocycles. The van der Waals surface area contributed by atoms with E-state index in [2.05, 4.69) is 5.32 Å². The summed E-state index contributed by atoms with van der Waals surface area (Å²) in [4.78, 5) is 35.9. The maximum absolute atomic E-state index is 12.3. The van der Waals surface area contributed by atoms with E-state index >= 15 is 0 Å². The first-order valence-electron chi connectivity index (χ1n) is 9.68. The second-order valence-electron chi connectivity index (χ2n) is 9.27.